The second-order valence-corrected chi connectivity index (χ2v) is 2.53. The van der Waals surface area contributed by atoms with Gasteiger partial charge >= 0.3 is 79.1 Å². The first-order chi connectivity index (χ1) is 5.83. The molecular formula is C9H8CrO2. The molecule has 0 aliphatic heterocycles. The fraction of sp³-hybridized carbons (Fsp3) is 0.222. The summed E-state index contributed by atoms with van der Waals surface area (Å²) >= 11 is 2.72. The van der Waals surface area contributed by atoms with Crippen LogP contribution >= 0.6 is 0 Å². The molecule has 0 fully saturated rings. The number of rotatable bonds is 2. The van der Waals surface area contributed by atoms with Crippen molar-refractivity contribution in [3.05, 3.63) is 24.2 Å². The third-order valence-electron chi connectivity index (χ3n) is 1.08. The minimum absolute atomic E-state index is 0.592. The van der Waals surface area contributed by atoms with Gasteiger partial charge < -0.3 is 0 Å². The predicted molar refractivity (Wildman–Crippen MR) is 42.2 cm³/mol. The van der Waals surface area contributed by atoms with E-state index in [1.807, 2.05) is 6.92 Å². The molecule has 0 spiro atoms. The minimum atomic E-state index is 0.592. The molecule has 1 heterocycles. The van der Waals surface area contributed by atoms with Crippen LogP contribution in [0.5, 0.6) is 0 Å². The van der Waals surface area contributed by atoms with E-state index in [1.54, 1.807) is 18.4 Å². The molecule has 0 aliphatic carbocycles. The van der Waals surface area contributed by atoms with Crippen LogP contribution in [0.4, 0.5) is 0 Å². The molecule has 3 heteroatoms. The van der Waals surface area contributed by atoms with Crippen molar-refractivity contribution in [2.24, 2.45) is 0 Å². The molecule has 0 radical (unpaired) electrons. The van der Waals surface area contributed by atoms with Crippen LogP contribution in [0.2, 0.25) is 0 Å². The molecule has 1 rings (SSSR count). The SMILES string of the molecule is CCO[C](=[Cr])C#Cc1ccco1. The van der Waals surface area contributed by atoms with Gasteiger partial charge in [0.05, 0.1) is 0 Å². The Labute approximate surface area is 79.5 Å². The second kappa shape index (κ2) is 4.96. The summed E-state index contributed by atoms with van der Waals surface area (Å²) in [6, 6.07) is 3.59. The Balaban J connectivity index is 2.54. The maximum absolute atomic E-state index is 5.09. The maximum atomic E-state index is 5.09. The van der Waals surface area contributed by atoms with Crippen molar-refractivity contribution in [1.82, 2.24) is 0 Å². The summed E-state index contributed by atoms with van der Waals surface area (Å²) in [6.07, 6.45) is 1.59. The Morgan fingerprint density at radius 3 is 3.17 bits per heavy atom. The average molecular weight is 200 g/mol. The molecule has 12 heavy (non-hydrogen) atoms. The Morgan fingerprint density at radius 1 is 1.75 bits per heavy atom. The van der Waals surface area contributed by atoms with Gasteiger partial charge in [-0.1, -0.05) is 0 Å². The molecule has 1 aromatic rings. The molecular weight excluding hydrogens is 192 g/mol. The summed E-state index contributed by atoms with van der Waals surface area (Å²) < 4.78 is 10.7. The molecule has 0 saturated heterocycles. The third-order valence-corrected chi connectivity index (χ3v) is 1.43. The van der Waals surface area contributed by atoms with Gasteiger partial charge in [0.2, 0.25) is 0 Å². The van der Waals surface area contributed by atoms with E-state index >= 15 is 0 Å². The van der Waals surface area contributed by atoms with Crippen LogP contribution in [-0.4, -0.2) is 11.2 Å². The van der Waals surface area contributed by atoms with E-state index in [9.17, 15) is 0 Å². The molecule has 0 aromatic carbocycles. The number of hydrogen-bond donors (Lipinski definition) is 0. The van der Waals surface area contributed by atoms with Gasteiger partial charge in [-0.2, -0.15) is 0 Å². The van der Waals surface area contributed by atoms with E-state index in [1.165, 1.54) is 0 Å². The van der Waals surface area contributed by atoms with E-state index in [4.69, 9.17) is 9.15 Å². The van der Waals surface area contributed by atoms with Crippen molar-refractivity contribution < 1.29 is 25.0 Å². The van der Waals surface area contributed by atoms with Crippen molar-refractivity contribution in [2.75, 3.05) is 6.61 Å². The molecule has 1 aromatic heterocycles. The van der Waals surface area contributed by atoms with Crippen LogP contribution in [-0.2, 0) is 20.6 Å². The van der Waals surface area contributed by atoms with Crippen LogP contribution in [0.25, 0.3) is 0 Å². The summed E-state index contributed by atoms with van der Waals surface area (Å²) in [5.74, 6) is 6.22. The molecule has 62 valence electrons. The molecule has 0 atom stereocenters. The summed E-state index contributed by atoms with van der Waals surface area (Å²) in [6.45, 7) is 2.53. The van der Waals surface area contributed by atoms with E-state index < -0.39 is 0 Å². The summed E-state index contributed by atoms with van der Waals surface area (Å²) in [5, 5.41) is 0. The Bertz CT molecular complexity index is 303. The Hall–Kier alpha value is -0.798. The fourth-order valence-electron chi connectivity index (χ4n) is 0.629. The molecule has 0 aliphatic rings. The van der Waals surface area contributed by atoms with Crippen molar-refractivity contribution in [3.63, 3.8) is 0 Å². The first-order valence-corrected chi connectivity index (χ1v) is 4.19. The molecule has 0 N–H and O–H groups in total. The van der Waals surface area contributed by atoms with Crippen molar-refractivity contribution in [2.45, 2.75) is 6.92 Å². The van der Waals surface area contributed by atoms with E-state index in [2.05, 4.69) is 27.7 Å². The first-order valence-electron chi connectivity index (χ1n) is 3.55. The Kier molecular flexibility index (Phi) is 3.84. The van der Waals surface area contributed by atoms with Crippen LogP contribution in [0.15, 0.2) is 22.8 Å². The normalized spacial score (nSPS) is 8.75. The Morgan fingerprint density at radius 2 is 2.58 bits per heavy atom. The third kappa shape index (κ3) is 3.07. The van der Waals surface area contributed by atoms with Crippen molar-refractivity contribution in [1.29, 1.82) is 0 Å². The van der Waals surface area contributed by atoms with Gasteiger partial charge in [0, 0.05) is 0 Å². The molecule has 2 nitrogen and oxygen atoms in total. The van der Waals surface area contributed by atoms with E-state index in [0.717, 1.165) is 0 Å². The average Bonchev–Trinajstić information content (AvgIpc) is 2.53. The molecule has 0 amide bonds. The van der Waals surface area contributed by atoms with Gasteiger partial charge in [-0.25, -0.2) is 0 Å². The summed E-state index contributed by atoms with van der Waals surface area (Å²) in [5.41, 5.74) is 0. The summed E-state index contributed by atoms with van der Waals surface area (Å²) in [7, 11) is 0. The van der Waals surface area contributed by atoms with Gasteiger partial charge in [0.15, 0.2) is 0 Å². The van der Waals surface area contributed by atoms with E-state index in [0.29, 0.717) is 16.9 Å². The van der Waals surface area contributed by atoms with Crippen LogP contribution in [0.3, 0.4) is 0 Å². The monoisotopic (exact) mass is 200 g/mol. The number of hydrogen-bond acceptors (Lipinski definition) is 2. The zero-order chi connectivity index (χ0) is 8.81. The quantitative estimate of drug-likeness (QED) is 0.672. The molecule has 0 bridgehead atoms. The topological polar surface area (TPSA) is 22.4 Å². The van der Waals surface area contributed by atoms with Gasteiger partial charge in [-0.3, -0.25) is 0 Å². The standard InChI is InChI=1S/C9H8O2.Cr/c1-2-10-7-3-5-9-6-4-8-11-9;/h4,6,8H,2H2,1H3;. The number of ether oxygens (including phenoxy) is 1. The van der Waals surface area contributed by atoms with Crippen LogP contribution in [0.1, 0.15) is 12.7 Å². The zero-order valence-corrected chi connectivity index (χ0v) is 7.94. The van der Waals surface area contributed by atoms with Crippen molar-refractivity contribution >= 4 is 4.57 Å². The first kappa shape index (κ1) is 9.29. The van der Waals surface area contributed by atoms with Crippen molar-refractivity contribution in [3.8, 4) is 11.8 Å². The number of furan rings is 1. The fourth-order valence-corrected chi connectivity index (χ4v) is 0.893. The van der Waals surface area contributed by atoms with Gasteiger partial charge in [0.25, 0.3) is 0 Å². The van der Waals surface area contributed by atoms with Gasteiger partial charge in [0.1, 0.15) is 0 Å². The predicted octanol–water partition coefficient (Wildman–Crippen LogP) is 1.34. The molecule has 0 saturated carbocycles. The molecule has 0 unspecified atom stereocenters. The van der Waals surface area contributed by atoms with Crippen LogP contribution < -0.4 is 0 Å². The van der Waals surface area contributed by atoms with Crippen LogP contribution in [0, 0.1) is 11.8 Å². The zero-order valence-electron chi connectivity index (χ0n) is 6.66. The van der Waals surface area contributed by atoms with Gasteiger partial charge in [-0.15, -0.1) is 0 Å². The second-order valence-electron chi connectivity index (χ2n) is 1.95. The van der Waals surface area contributed by atoms with E-state index in [-0.39, 0.29) is 0 Å². The summed E-state index contributed by atoms with van der Waals surface area (Å²) in [4.78, 5) is 0. The van der Waals surface area contributed by atoms with Gasteiger partial charge in [-0.05, 0) is 0 Å².